The monoisotopic (exact) mass is 247 g/mol. The molecule has 1 aromatic carbocycles. The number of methoxy groups -OCH3 is 1. The second kappa shape index (κ2) is 5.42. The molecule has 0 aromatic heterocycles. The van der Waals surface area contributed by atoms with Gasteiger partial charge in [0, 0.05) is 5.69 Å². The number of esters is 1. The predicted octanol–water partition coefficient (Wildman–Crippen LogP) is 3.28. The van der Waals surface area contributed by atoms with E-state index in [9.17, 15) is 4.79 Å². The van der Waals surface area contributed by atoms with E-state index in [0.29, 0.717) is 0 Å². The lowest BCUT2D eigenvalue weighted by Gasteiger charge is -2.36. The van der Waals surface area contributed by atoms with E-state index in [1.807, 2.05) is 18.2 Å². The van der Waals surface area contributed by atoms with Crippen molar-refractivity contribution < 1.29 is 9.53 Å². The van der Waals surface area contributed by atoms with Crippen LogP contribution in [0.2, 0.25) is 0 Å². The van der Waals surface area contributed by atoms with E-state index in [1.54, 1.807) is 0 Å². The van der Waals surface area contributed by atoms with Gasteiger partial charge in [0.05, 0.1) is 7.11 Å². The summed E-state index contributed by atoms with van der Waals surface area (Å²) in [6.07, 6.45) is 5.07. The molecule has 1 aromatic rings. The van der Waals surface area contributed by atoms with Crippen LogP contribution < -0.4 is 5.32 Å². The quantitative estimate of drug-likeness (QED) is 0.833. The molecule has 1 aliphatic carbocycles. The van der Waals surface area contributed by atoms with Crippen LogP contribution in [-0.4, -0.2) is 18.6 Å². The molecule has 98 valence electrons. The van der Waals surface area contributed by atoms with Gasteiger partial charge in [-0.3, -0.25) is 0 Å². The van der Waals surface area contributed by atoms with Crippen molar-refractivity contribution in [3.8, 4) is 0 Å². The van der Waals surface area contributed by atoms with Gasteiger partial charge in [0.15, 0.2) is 0 Å². The number of hydrogen-bond acceptors (Lipinski definition) is 3. The summed E-state index contributed by atoms with van der Waals surface area (Å²) in [6.45, 7) is 2.05. The Morgan fingerprint density at radius 2 is 1.89 bits per heavy atom. The van der Waals surface area contributed by atoms with Crippen LogP contribution in [0.4, 0.5) is 5.69 Å². The third-order valence-corrected chi connectivity index (χ3v) is 3.80. The zero-order valence-electron chi connectivity index (χ0n) is 11.2. The molecule has 0 spiro atoms. The number of para-hydroxylation sites is 1. The van der Waals surface area contributed by atoms with E-state index in [-0.39, 0.29) is 5.97 Å². The van der Waals surface area contributed by atoms with Crippen molar-refractivity contribution in [3.05, 3.63) is 29.8 Å². The fourth-order valence-corrected chi connectivity index (χ4v) is 2.70. The van der Waals surface area contributed by atoms with Crippen molar-refractivity contribution in [2.75, 3.05) is 12.4 Å². The number of carbonyl (C=O) groups excluding carboxylic acids is 1. The van der Waals surface area contributed by atoms with Crippen molar-refractivity contribution in [1.29, 1.82) is 0 Å². The van der Waals surface area contributed by atoms with Crippen LogP contribution in [0.25, 0.3) is 0 Å². The SMILES string of the molecule is COC(=O)C1(Nc2ccccc2C)CCCCC1. The van der Waals surface area contributed by atoms with Crippen LogP contribution in [0.3, 0.4) is 0 Å². The molecule has 0 radical (unpaired) electrons. The van der Waals surface area contributed by atoms with E-state index >= 15 is 0 Å². The molecule has 1 saturated carbocycles. The normalized spacial score (nSPS) is 18.1. The van der Waals surface area contributed by atoms with Gasteiger partial charge in [0.1, 0.15) is 5.54 Å². The van der Waals surface area contributed by atoms with Gasteiger partial charge in [-0.2, -0.15) is 0 Å². The topological polar surface area (TPSA) is 38.3 Å². The van der Waals surface area contributed by atoms with Crippen LogP contribution >= 0.6 is 0 Å². The molecule has 1 N–H and O–H groups in total. The fraction of sp³-hybridized carbons (Fsp3) is 0.533. The van der Waals surface area contributed by atoms with E-state index in [2.05, 4.69) is 18.3 Å². The number of nitrogens with one attached hydrogen (secondary N) is 1. The van der Waals surface area contributed by atoms with Gasteiger partial charge in [-0.05, 0) is 31.4 Å². The minimum absolute atomic E-state index is 0.134. The third kappa shape index (κ3) is 2.50. The van der Waals surface area contributed by atoms with Gasteiger partial charge in [-0.25, -0.2) is 4.79 Å². The van der Waals surface area contributed by atoms with Gasteiger partial charge in [0.25, 0.3) is 0 Å². The maximum absolute atomic E-state index is 12.1. The molecule has 3 nitrogen and oxygen atoms in total. The summed E-state index contributed by atoms with van der Waals surface area (Å²) in [5, 5.41) is 3.44. The molecule has 0 aliphatic heterocycles. The lowest BCUT2D eigenvalue weighted by atomic mass is 9.81. The molecule has 0 amide bonds. The highest BCUT2D eigenvalue weighted by molar-refractivity contribution is 5.85. The Hall–Kier alpha value is -1.51. The van der Waals surface area contributed by atoms with Gasteiger partial charge < -0.3 is 10.1 Å². The van der Waals surface area contributed by atoms with Gasteiger partial charge in [0.2, 0.25) is 0 Å². The average molecular weight is 247 g/mol. The molecule has 0 unspecified atom stereocenters. The largest absolute Gasteiger partial charge is 0.467 e. The van der Waals surface area contributed by atoms with Crippen LogP contribution in [0.1, 0.15) is 37.7 Å². The molecule has 1 fully saturated rings. The van der Waals surface area contributed by atoms with Crippen LogP contribution in [0, 0.1) is 6.92 Å². The molecular weight excluding hydrogens is 226 g/mol. The predicted molar refractivity (Wildman–Crippen MR) is 72.6 cm³/mol. The lowest BCUT2D eigenvalue weighted by Crippen LogP contribution is -2.48. The average Bonchev–Trinajstić information content (AvgIpc) is 2.41. The Morgan fingerprint density at radius 1 is 1.22 bits per heavy atom. The molecular formula is C15H21NO2. The highest BCUT2D eigenvalue weighted by atomic mass is 16.5. The summed E-state index contributed by atoms with van der Waals surface area (Å²) in [7, 11) is 1.47. The summed E-state index contributed by atoms with van der Waals surface area (Å²) < 4.78 is 5.00. The second-order valence-electron chi connectivity index (χ2n) is 5.07. The van der Waals surface area contributed by atoms with Gasteiger partial charge in [-0.15, -0.1) is 0 Å². The summed E-state index contributed by atoms with van der Waals surface area (Å²) >= 11 is 0. The maximum Gasteiger partial charge on any atom is 0.331 e. The number of ether oxygens (including phenoxy) is 1. The zero-order valence-corrected chi connectivity index (χ0v) is 11.2. The number of aryl methyl sites for hydroxylation is 1. The Morgan fingerprint density at radius 3 is 2.50 bits per heavy atom. The Bertz CT molecular complexity index is 422. The lowest BCUT2D eigenvalue weighted by molar-refractivity contribution is -0.147. The molecule has 0 atom stereocenters. The van der Waals surface area contributed by atoms with Gasteiger partial charge in [-0.1, -0.05) is 37.5 Å². The Labute approximate surface area is 109 Å². The number of hydrogen-bond donors (Lipinski definition) is 1. The van der Waals surface area contributed by atoms with Crippen molar-refractivity contribution in [2.45, 2.75) is 44.6 Å². The standard InChI is InChI=1S/C15H21NO2/c1-12-8-4-5-9-13(12)16-15(14(17)18-2)10-6-3-7-11-15/h4-5,8-9,16H,3,6-7,10-11H2,1-2H3. The van der Waals surface area contributed by atoms with Crippen molar-refractivity contribution in [2.24, 2.45) is 0 Å². The van der Waals surface area contributed by atoms with Crippen molar-refractivity contribution >= 4 is 11.7 Å². The number of rotatable bonds is 3. The first-order valence-electron chi connectivity index (χ1n) is 6.60. The highest BCUT2D eigenvalue weighted by Crippen LogP contribution is 2.33. The Kier molecular flexibility index (Phi) is 3.90. The van der Waals surface area contributed by atoms with E-state index in [1.165, 1.54) is 13.5 Å². The highest BCUT2D eigenvalue weighted by Gasteiger charge is 2.40. The maximum atomic E-state index is 12.1. The smallest absolute Gasteiger partial charge is 0.331 e. The summed E-state index contributed by atoms with van der Waals surface area (Å²) in [6, 6.07) is 8.07. The minimum Gasteiger partial charge on any atom is -0.467 e. The third-order valence-electron chi connectivity index (χ3n) is 3.80. The second-order valence-corrected chi connectivity index (χ2v) is 5.07. The fourth-order valence-electron chi connectivity index (χ4n) is 2.70. The van der Waals surface area contributed by atoms with Crippen molar-refractivity contribution in [3.63, 3.8) is 0 Å². The van der Waals surface area contributed by atoms with E-state index in [0.717, 1.165) is 36.9 Å². The van der Waals surface area contributed by atoms with E-state index < -0.39 is 5.54 Å². The molecule has 18 heavy (non-hydrogen) atoms. The number of benzene rings is 1. The molecule has 0 bridgehead atoms. The summed E-state index contributed by atoms with van der Waals surface area (Å²) in [5.41, 5.74) is 1.66. The first-order chi connectivity index (χ1) is 8.68. The summed E-state index contributed by atoms with van der Waals surface area (Å²) in [5.74, 6) is -0.134. The molecule has 0 heterocycles. The molecule has 2 rings (SSSR count). The number of anilines is 1. The molecule has 3 heteroatoms. The molecule has 0 saturated heterocycles. The van der Waals surface area contributed by atoms with Crippen molar-refractivity contribution in [1.82, 2.24) is 0 Å². The molecule has 1 aliphatic rings. The minimum atomic E-state index is -0.529. The first-order valence-corrected chi connectivity index (χ1v) is 6.60. The number of carbonyl (C=O) groups is 1. The van der Waals surface area contributed by atoms with Crippen LogP contribution in [-0.2, 0) is 9.53 Å². The van der Waals surface area contributed by atoms with Crippen LogP contribution in [0.15, 0.2) is 24.3 Å². The summed E-state index contributed by atoms with van der Waals surface area (Å²) in [4.78, 5) is 12.1. The first kappa shape index (κ1) is 12.9. The van der Waals surface area contributed by atoms with Gasteiger partial charge >= 0.3 is 5.97 Å². The zero-order chi connectivity index (χ0) is 13.0. The Balaban J connectivity index is 2.25. The van der Waals surface area contributed by atoms with Crippen LogP contribution in [0.5, 0.6) is 0 Å². The van der Waals surface area contributed by atoms with E-state index in [4.69, 9.17) is 4.74 Å².